The van der Waals surface area contributed by atoms with Gasteiger partial charge in [-0.1, -0.05) is 29.8 Å². The SMILES string of the molecule is Cc1cccc(C(=O)NCCc2nc(-c3ccccc3F)oc2C)c1. The zero-order chi connectivity index (χ0) is 17.8. The maximum atomic E-state index is 13.8. The number of amides is 1. The molecule has 128 valence electrons. The van der Waals surface area contributed by atoms with Gasteiger partial charge >= 0.3 is 0 Å². The summed E-state index contributed by atoms with van der Waals surface area (Å²) in [6.07, 6.45) is 0.515. The fraction of sp³-hybridized carbons (Fsp3) is 0.200. The van der Waals surface area contributed by atoms with Gasteiger partial charge in [-0.05, 0) is 38.1 Å². The molecule has 1 amide bonds. The minimum absolute atomic E-state index is 0.126. The van der Waals surface area contributed by atoms with Gasteiger partial charge in [0.15, 0.2) is 0 Å². The Labute approximate surface area is 145 Å². The zero-order valence-corrected chi connectivity index (χ0v) is 14.2. The number of benzene rings is 2. The van der Waals surface area contributed by atoms with E-state index in [2.05, 4.69) is 10.3 Å². The molecule has 0 aliphatic heterocycles. The Kier molecular flexibility index (Phi) is 4.93. The molecule has 1 N–H and O–H groups in total. The van der Waals surface area contributed by atoms with Crippen molar-refractivity contribution in [2.75, 3.05) is 6.54 Å². The van der Waals surface area contributed by atoms with E-state index in [0.717, 1.165) is 5.56 Å². The summed E-state index contributed by atoms with van der Waals surface area (Å²) < 4.78 is 19.4. The highest BCUT2D eigenvalue weighted by Gasteiger charge is 2.14. The molecule has 0 saturated heterocycles. The van der Waals surface area contributed by atoms with Crippen LogP contribution in [0.1, 0.15) is 27.4 Å². The van der Waals surface area contributed by atoms with Gasteiger partial charge in [-0.2, -0.15) is 0 Å². The van der Waals surface area contributed by atoms with Crippen molar-refractivity contribution in [3.8, 4) is 11.5 Å². The lowest BCUT2D eigenvalue weighted by molar-refractivity contribution is 0.0954. The second-order valence-electron chi connectivity index (χ2n) is 5.88. The molecule has 0 atom stereocenters. The van der Waals surface area contributed by atoms with E-state index in [1.807, 2.05) is 25.1 Å². The average Bonchev–Trinajstić information content (AvgIpc) is 2.96. The first-order valence-corrected chi connectivity index (χ1v) is 8.10. The van der Waals surface area contributed by atoms with Crippen LogP contribution in [0.15, 0.2) is 52.9 Å². The van der Waals surface area contributed by atoms with Crippen LogP contribution in [0.2, 0.25) is 0 Å². The molecule has 0 bridgehead atoms. The summed E-state index contributed by atoms with van der Waals surface area (Å²) in [4.78, 5) is 16.5. The van der Waals surface area contributed by atoms with Crippen LogP contribution in [0.25, 0.3) is 11.5 Å². The lowest BCUT2D eigenvalue weighted by Gasteiger charge is -2.05. The number of rotatable bonds is 5. The fourth-order valence-corrected chi connectivity index (χ4v) is 2.59. The second-order valence-corrected chi connectivity index (χ2v) is 5.88. The Hall–Kier alpha value is -2.95. The molecule has 3 rings (SSSR count). The molecule has 25 heavy (non-hydrogen) atoms. The number of hydrogen-bond donors (Lipinski definition) is 1. The molecule has 0 aliphatic rings. The van der Waals surface area contributed by atoms with Crippen LogP contribution >= 0.6 is 0 Å². The molecule has 1 aromatic heterocycles. The van der Waals surface area contributed by atoms with E-state index in [1.54, 1.807) is 31.2 Å². The van der Waals surface area contributed by atoms with Gasteiger partial charge in [0, 0.05) is 18.5 Å². The van der Waals surface area contributed by atoms with Crippen molar-refractivity contribution in [1.29, 1.82) is 0 Å². The minimum atomic E-state index is -0.372. The third-order valence-corrected chi connectivity index (χ3v) is 3.92. The number of aromatic nitrogens is 1. The van der Waals surface area contributed by atoms with Crippen molar-refractivity contribution >= 4 is 5.91 Å². The smallest absolute Gasteiger partial charge is 0.251 e. The van der Waals surface area contributed by atoms with E-state index in [9.17, 15) is 9.18 Å². The van der Waals surface area contributed by atoms with Gasteiger partial charge in [0.1, 0.15) is 11.6 Å². The number of carbonyl (C=O) groups excluding carboxylic acids is 1. The van der Waals surface area contributed by atoms with Crippen LogP contribution in [0.5, 0.6) is 0 Å². The van der Waals surface area contributed by atoms with Gasteiger partial charge in [0.05, 0.1) is 11.3 Å². The number of nitrogens with zero attached hydrogens (tertiary/aromatic N) is 1. The predicted molar refractivity (Wildman–Crippen MR) is 93.9 cm³/mol. The minimum Gasteiger partial charge on any atom is -0.441 e. The predicted octanol–water partition coefficient (Wildman–Crippen LogP) is 4.07. The third kappa shape index (κ3) is 3.94. The number of hydrogen-bond acceptors (Lipinski definition) is 3. The summed E-state index contributed by atoms with van der Waals surface area (Å²) in [5.41, 5.74) is 2.71. The molecule has 2 aromatic carbocycles. The summed E-state index contributed by atoms with van der Waals surface area (Å²) >= 11 is 0. The molecule has 1 heterocycles. The Morgan fingerprint density at radius 1 is 1.16 bits per heavy atom. The normalized spacial score (nSPS) is 10.7. The highest BCUT2D eigenvalue weighted by Crippen LogP contribution is 2.24. The first kappa shape index (κ1) is 16.9. The van der Waals surface area contributed by atoms with Gasteiger partial charge in [-0.25, -0.2) is 9.37 Å². The largest absolute Gasteiger partial charge is 0.441 e. The van der Waals surface area contributed by atoms with E-state index in [-0.39, 0.29) is 17.6 Å². The molecular formula is C20H19FN2O2. The number of nitrogens with one attached hydrogen (secondary N) is 1. The number of oxazole rings is 1. The Morgan fingerprint density at radius 2 is 1.96 bits per heavy atom. The van der Waals surface area contributed by atoms with Crippen molar-refractivity contribution in [2.24, 2.45) is 0 Å². The van der Waals surface area contributed by atoms with Crippen LogP contribution in [-0.4, -0.2) is 17.4 Å². The Balaban J connectivity index is 1.64. The third-order valence-electron chi connectivity index (χ3n) is 3.92. The van der Waals surface area contributed by atoms with Crippen molar-refractivity contribution in [1.82, 2.24) is 10.3 Å². The van der Waals surface area contributed by atoms with Crippen LogP contribution in [-0.2, 0) is 6.42 Å². The first-order valence-electron chi connectivity index (χ1n) is 8.10. The van der Waals surface area contributed by atoms with Gasteiger partial charge in [-0.3, -0.25) is 4.79 Å². The molecule has 0 unspecified atom stereocenters. The van der Waals surface area contributed by atoms with E-state index in [0.29, 0.717) is 35.5 Å². The maximum absolute atomic E-state index is 13.8. The summed E-state index contributed by atoms with van der Waals surface area (Å²) in [7, 11) is 0. The first-order chi connectivity index (χ1) is 12.0. The van der Waals surface area contributed by atoms with E-state index < -0.39 is 0 Å². The lowest BCUT2D eigenvalue weighted by Crippen LogP contribution is -2.25. The molecule has 0 fully saturated rings. The lowest BCUT2D eigenvalue weighted by atomic mass is 10.1. The second kappa shape index (κ2) is 7.30. The molecule has 0 spiro atoms. The van der Waals surface area contributed by atoms with Crippen molar-refractivity contribution < 1.29 is 13.6 Å². The maximum Gasteiger partial charge on any atom is 0.251 e. The van der Waals surface area contributed by atoms with E-state index in [1.165, 1.54) is 6.07 Å². The molecule has 4 nitrogen and oxygen atoms in total. The van der Waals surface area contributed by atoms with E-state index >= 15 is 0 Å². The van der Waals surface area contributed by atoms with Crippen LogP contribution in [0, 0.1) is 19.7 Å². The highest BCUT2D eigenvalue weighted by atomic mass is 19.1. The number of carbonyl (C=O) groups is 1. The quantitative estimate of drug-likeness (QED) is 0.763. The van der Waals surface area contributed by atoms with Crippen LogP contribution < -0.4 is 5.32 Å². The summed E-state index contributed by atoms with van der Waals surface area (Å²) in [6.45, 7) is 4.16. The summed E-state index contributed by atoms with van der Waals surface area (Å²) in [6, 6.07) is 13.8. The average molecular weight is 338 g/mol. The Morgan fingerprint density at radius 3 is 2.72 bits per heavy atom. The summed E-state index contributed by atoms with van der Waals surface area (Å²) in [5, 5.41) is 2.87. The van der Waals surface area contributed by atoms with Crippen molar-refractivity contribution in [3.05, 3.63) is 76.9 Å². The molecule has 0 radical (unpaired) electrons. The van der Waals surface area contributed by atoms with Gasteiger partial charge in [-0.15, -0.1) is 0 Å². The van der Waals surface area contributed by atoms with Crippen molar-refractivity contribution in [3.63, 3.8) is 0 Å². The molecule has 0 saturated carbocycles. The van der Waals surface area contributed by atoms with E-state index in [4.69, 9.17) is 4.42 Å². The van der Waals surface area contributed by atoms with Crippen molar-refractivity contribution in [2.45, 2.75) is 20.3 Å². The number of halogens is 1. The molecular weight excluding hydrogens is 319 g/mol. The Bertz CT molecular complexity index is 902. The van der Waals surface area contributed by atoms with Gasteiger partial charge in [0.25, 0.3) is 5.91 Å². The zero-order valence-electron chi connectivity index (χ0n) is 14.2. The van der Waals surface area contributed by atoms with Crippen LogP contribution in [0.4, 0.5) is 4.39 Å². The van der Waals surface area contributed by atoms with Crippen LogP contribution in [0.3, 0.4) is 0 Å². The topological polar surface area (TPSA) is 55.1 Å². The fourth-order valence-electron chi connectivity index (χ4n) is 2.59. The van der Waals surface area contributed by atoms with Gasteiger partial charge in [0.2, 0.25) is 5.89 Å². The molecule has 0 aliphatic carbocycles. The number of aryl methyl sites for hydroxylation is 2. The molecule has 5 heteroatoms. The summed E-state index contributed by atoms with van der Waals surface area (Å²) in [5.74, 6) is 0.390. The highest BCUT2D eigenvalue weighted by molar-refractivity contribution is 5.94. The van der Waals surface area contributed by atoms with Gasteiger partial charge < -0.3 is 9.73 Å². The monoisotopic (exact) mass is 338 g/mol. The standard InChI is InChI=1S/C20H19FN2O2/c1-13-6-5-7-15(12-13)19(24)22-11-10-18-14(2)25-20(23-18)16-8-3-4-9-17(16)21/h3-9,12H,10-11H2,1-2H3,(H,22,24). The molecule has 3 aromatic rings.